The van der Waals surface area contributed by atoms with E-state index in [-0.39, 0.29) is 10.9 Å². The molecule has 0 bridgehead atoms. The summed E-state index contributed by atoms with van der Waals surface area (Å²) in [7, 11) is 0. The first-order valence-electron chi connectivity index (χ1n) is 5.30. The van der Waals surface area contributed by atoms with Crippen LogP contribution in [-0.2, 0) is 4.79 Å². The third-order valence-electron chi connectivity index (χ3n) is 2.13. The van der Waals surface area contributed by atoms with E-state index in [1.54, 1.807) is 0 Å². The lowest BCUT2D eigenvalue weighted by atomic mass is 10.2. The van der Waals surface area contributed by atoms with Gasteiger partial charge in [0.25, 0.3) is 0 Å². The third kappa shape index (κ3) is 3.26. The lowest BCUT2D eigenvalue weighted by Crippen LogP contribution is -1.90. The average Bonchev–Trinajstić information content (AvgIpc) is 2.57. The van der Waals surface area contributed by atoms with Crippen molar-refractivity contribution >= 4 is 16.9 Å². The molecule has 0 unspecified atom stereocenters. The van der Waals surface area contributed by atoms with Crippen LogP contribution in [0.4, 0.5) is 13.2 Å². The molecular formula is C12H12F3NO2. The van der Waals surface area contributed by atoms with Gasteiger partial charge in [0, 0.05) is 6.42 Å². The van der Waals surface area contributed by atoms with Crippen molar-refractivity contribution in [2.75, 3.05) is 0 Å². The van der Waals surface area contributed by atoms with Gasteiger partial charge < -0.3 is 10.1 Å². The number of rotatable bonds is 2. The second-order valence-corrected chi connectivity index (χ2v) is 3.56. The Morgan fingerprint density at radius 2 is 2.00 bits per heavy atom. The fourth-order valence-corrected chi connectivity index (χ4v) is 1.35. The molecule has 0 amide bonds. The monoisotopic (exact) mass is 259 g/mol. The average molecular weight is 259 g/mol. The highest BCUT2D eigenvalue weighted by molar-refractivity contribution is 5.80. The van der Waals surface area contributed by atoms with E-state index < -0.39 is 23.6 Å². The van der Waals surface area contributed by atoms with Gasteiger partial charge in [0.15, 0.2) is 5.82 Å². The molecule has 0 spiro atoms. The maximum Gasteiger partial charge on any atom is 0.303 e. The smallest absolute Gasteiger partial charge is 0.303 e. The first-order chi connectivity index (χ1) is 8.47. The van der Waals surface area contributed by atoms with Gasteiger partial charge in [-0.05, 0) is 18.6 Å². The second kappa shape index (κ2) is 6.09. The lowest BCUT2D eigenvalue weighted by molar-refractivity contribution is -0.137. The molecule has 0 radical (unpaired) electrons. The van der Waals surface area contributed by atoms with E-state index in [2.05, 4.69) is 4.98 Å². The summed E-state index contributed by atoms with van der Waals surface area (Å²) in [5, 5.41) is 7.59. The predicted molar refractivity (Wildman–Crippen MR) is 60.7 cm³/mol. The maximum absolute atomic E-state index is 12.8. The molecule has 0 atom stereocenters. The van der Waals surface area contributed by atoms with Gasteiger partial charge >= 0.3 is 5.97 Å². The van der Waals surface area contributed by atoms with E-state index in [1.807, 2.05) is 6.92 Å². The number of carboxylic acid groups (broad SMARTS) is 1. The van der Waals surface area contributed by atoms with E-state index in [1.165, 1.54) is 12.1 Å². The summed E-state index contributed by atoms with van der Waals surface area (Å²) in [6.45, 7) is 1.84. The number of aliphatic carboxylic acids is 1. The van der Waals surface area contributed by atoms with Crippen molar-refractivity contribution in [3.8, 4) is 0 Å². The Bertz CT molecular complexity index is 551. The summed E-state index contributed by atoms with van der Waals surface area (Å²) in [5.41, 5.74) is 0.130. The fourth-order valence-electron chi connectivity index (χ4n) is 1.35. The molecule has 6 heteroatoms. The van der Waals surface area contributed by atoms with E-state index in [4.69, 9.17) is 5.11 Å². The summed E-state index contributed by atoms with van der Waals surface area (Å²) in [6, 6.07) is 3.87. The number of aromatic nitrogens is 1. The summed E-state index contributed by atoms with van der Waals surface area (Å²) in [6.07, 6.45) is 1.02. The highest BCUT2D eigenvalue weighted by Gasteiger charge is 2.13. The largest absolute Gasteiger partial charge is 0.481 e. The summed E-state index contributed by atoms with van der Waals surface area (Å²) >= 11 is 0. The van der Waals surface area contributed by atoms with Gasteiger partial charge in [0.2, 0.25) is 5.95 Å². The number of hydrogen-bond donors (Lipinski definition) is 2. The standard InChI is InChI=1S/C8H4F3N.C4H8O2/c9-4-2-1-3-5-6(4)7(10)8(11)12-5;1-2-3-4(5)6/h1-3,12H;2-3H2,1H3,(H,5,6). The van der Waals surface area contributed by atoms with Crippen molar-refractivity contribution in [3.63, 3.8) is 0 Å². The van der Waals surface area contributed by atoms with Gasteiger partial charge in [0.1, 0.15) is 5.82 Å². The molecule has 0 fully saturated rings. The van der Waals surface area contributed by atoms with Gasteiger partial charge in [-0.1, -0.05) is 13.0 Å². The number of hydrogen-bond acceptors (Lipinski definition) is 1. The molecule has 1 aromatic carbocycles. The van der Waals surface area contributed by atoms with E-state index in [9.17, 15) is 18.0 Å². The number of H-pyrrole nitrogens is 1. The number of carbonyl (C=O) groups is 1. The minimum absolute atomic E-state index is 0.130. The zero-order valence-electron chi connectivity index (χ0n) is 9.64. The van der Waals surface area contributed by atoms with Gasteiger partial charge in [-0.2, -0.15) is 4.39 Å². The summed E-state index contributed by atoms with van der Waals surface area (Å²) in [5.74, 6) is -3.76. The molecule has 0 saturated heterocycles. The van der Waals surface area contributed by atoms with E-state index >= 15 is 0 Å². The van der Waals surface area contributed by atoms with Crippen molar-refractivity contribution in [1.29, 1.82) is 0 Å². The molecular weight excluding hydrogens is 247 g/mol. The van der Waals surface area contributed by atoms with Gasteiger partial charge in [-0.3, -0.25) is 4.79 Å². The molecule has 1 heterocycles. The quantitative estimate of drug-likeness (QED) is 0.867. The molecule has 2 N–H and O–H groups in total. The first kappa shape index (κ1) is 14.1. The number of aromatic amines is 1. The maximum atomic E-state index is 12.8. The van der Waals surface area contributed by atoms with Crippen LogP contribution in [0.5, 0.6) is 0 Å². The topological polar surface area (TPSA) is 53.1 Å². The zero-order valence-corrected chi connectivity index (χ0v) is 9.64. The van der Waals surface area contributed by atoms with Crippen LogP contribution in [0.1, 0.15) is 19.8 Å². The van der Waals surface area contributed by atoms with Gasteiger partial charge in [0.05, 0.1) is 10.9 Å². The SMILES string of the molecule is CCCC(=O)O.Fc1[nH]c2cccc(F)c2c1F. The molecule has 0 aliphatic rings. The number of carboxylic acids is 1. The number of halogens is 3. The Balaban J connectivity index is 0.000000232. The van der Waals surface area contributed by atoms with Crippen LogP contribution in [0.3, 0.4) is 0 Å². The molecule has 2 rings (SSSR count). The van der Waals surface area contributed by atoms with Crippen LogP contribution >= 0.6 is 0 Å². The number of benzene rings is 1. The Morgan fingerprint density at radius 1 is 1.33 bits per heavy atom. The van der Waals surface area contributed by atoms with Crippen LogP contribution < -0.4 is 0 Å². The van der Waals surface area contributed by atoms with Crippen molar-refractivity contribution in [2.24, 2.45) is 0 Å². The molecule has 0 aliphatic heterocycles. The summed E-state index contributed by atoms with van der Waals surface area (Å²) in [4.78, 5) is 11.7. The normalized spacial score (nSPS) is 10.0. The van der Waals surface area contributed by atoms with Crippen molar-refractivity contribution in [2.45, 2.75) is 19.8 Å². The minimum Gasteiger partial charge on any atom is -0.481 e. The van der Waals surface area contributed by atoms with E-state index in [0.29, 0.717) is 6.42 Å². The molecule has 98 valence electrons. The highest BCUT2D eigenvalue weighted by Crippen LogP contribution is 2.22. The van der Waals surface area contributed by atoms with Crippen molar-refractivity contribution < 1.29 is 23.1 Å². The highest BCUT2D eigenvalue weighted by atomic mass is 19.2. The minimum atomic E-state index is -1.16. The molecule has 18 heavy (non-hydrogen) atoms. The molecule has 1 aromatic heterocycles. The summed E-state index contributed by atoms with van der Waals surface area (Å²) < 4.78 is 38.1. The number of fused-ring (bicyclic) bond motifs is 1. The Hall–Kier alpha value is -1.98. The van der Waals surface area contributed by atoms with Crippen LogP contribution in [0.25, 0.3) is 10.9 Å². The Morgan fingerprint density at radius 3 is 2.44 bits per heavy atom. The first-order valence-corrected chi connectivity index (χ1v) is 5.30. The van der Waals surface area contributed by atoms with Gasteiger partial charge in [-0.25, -0.2) is 8.78 Å². The second-order valence-electron chi connectivity index (χ2n) is 3.56. The number of nitrogens with one attached hydrogen (secondary N) is 1. The van der Waals surface area contributed by atoms with Crippen LogP contribution in [0, 0.1) is 17.6 Å². The lowest BCUT2D eigenvalue weighted by Gasteiger charge is -1.89. The van der Waals surface area contributed by atoms with Crippen LogP contribution in [0.2, 0.25) is 0 Å². The molecule has 2 aromatic rings. The zero-order chi connectivity index (χ0) is 13.7. The van der Waals surface area contributed by atoms with Crippen molar-refractivity contribution in [1.82, 2.24) is 4.98 Å². The molecule has 3 nitrogen and oxygen atoms in total. The van der Waals surface area contributed by atoms with Crippen molar-refractivity contribution in [3.05, 3.63) is 35.8 Å². The molecule has 0 saturated carbocycles. The predicted octanol–water partition coefficient (Wildman–Crippen LogP) is 3.46. The molecule has 0 aliphatic carbocycles. The fraction of sp³-hybridized carbons (Fsp3) is 0.250. The van der Waals surface area contributed by atoms with E-state index in [0.717, 1.165) is 12.5 Å². The van der Waals surface area contributed by atoms with Crippen LogP contribution in [0.15, 0.2) is 18.2 Å². The Labute approximate surface area is 101 Å². The van der Waals surface area contributed by atoms with Crippen LogP contribution in [-0.4, -0.2) is 16.1 Å². The third-order valence-corrected chi connectivity index (χ3v) is 2.13. The van der Waals surface area contributed by atoms with Gasteiger partial charge in [-0.15, -0.1) is 0 Å². The Kier molecular flexibility index (Phi) is 4.76.